The van der Waals surface area contributed by atoms with E-state index in [0.717, 1.165) is 30.2 Å². The zero-order chi connectivity index (χ0) is 19.7. The van der Waals surface area contributed by atoms with Crippen LogP contribution < -0.4 is 20.1 Å². The van der Waals surface area contributed by atoms with Crippen molar-refractivity contribution in [1.29, 1.82) is 0 Å². The van der Waals surface area contributed by atoms with E-state index in [9.17, 15) is 8.42 Å². The summed E-state index contributed by atoms with van der Waals surface area (Å²) < 4.78 is 36.2. The molecule has 1 heterocycles. The molecule has 0 amide bonds. The van der Waals surface area contributed by atoms with Gasteiger partial charge in [-0.3, -0.25) is 4.99 Å². The lowest BCUT2D eigenvalue weighted by Gasteiger charge is -2.16. The number of fused-ring (bicyclic) bond motifs is 1. The number of ether oxygens (including phenoxy) is 2. The first-order valence-electron chi connectivity index (χ1n) is 9.35. The molecule has 1 aromatic rings. The first-order valence-corrected chi connectivity index (χ1v) is 11.0. The SMILES string of the molecule is CCNC(=NCCCN(C)S(=O)(=O)CC)Nc1ccc2c(c1)OCCCO2.I. The largest absolute Gasteiger partial charge is 0.490 e. The van der Waals surface area contributed by atoms with E-state index in [1.54, 1.807) is 14.0 Å². The first-order chi connectivity index (χ1) is 13.0. The number of anilines is 1. The molecule has 0 saturated heterocycles. The highest BCUT2D eigenvalue weighted by Crippen LogP contribution is 2.32. The number of benzene rings is 1. The molecular formula is C18H31IN4O4S. The third-order valence-electron chi connectivity index (χ3n) is 4.10. The first kappa shape index (κ1) is 24.8. The maximum absolute atomic E-state index is 11.8. The molecule has 10 heteroatoms. The Morgan fingerprint density at radius 1 is 1.21 bits per heavy atom. The summed E-state index contributed by atoms with van der Waals surface area (Å²) in [5, 5.41) is 6.44. The molecule has 0 saturated carbocycles. The molecule has 0 aromatic heterocycles. The predicted molar refractivity (Wildman–Crippen MR) is 124 cm³/mol. The van der Waals surface area contributed by atoms with Crippen LogP contribution in [0.4, 0.5) is 5.69 Å². The van der Waals surface area contributed by atoms with E-state index in [-0.39, 0.29) is 29.7 Å². The zero-order valence-corrected chi connectivity index (χ0v) is 19.9. The normalized spacial score (nSPS) is 14.2. The number of sulfonamides is 1. The number of rotatable bonds is 8. The van der Waals surface area contributed by atoms with Crippen LogP contribution in [0.3, 0.4) is 0 Å². The standard InChI is InChI=1S/C18H30N4O4S.HI/c1-4-19-18(20-10-6-11-22(3)27(23,24)5-2)21-15-8-9-16-17(14-15)26-13-7-12-25-16;/h8-9,14H,4-7,10-13H2,1-3H3,(H2,19,20,21);1H. The van der Waals surface area contributed by atoms with Crippen molar-refractivity contribution in [2.45, 2.75) is 26.7 Å². The van der Waals surface area contributed by atoms with E-state index >= 15 is 0 Å². The number of halogens is 1. The minimum atomic E-state index is -3.14. The van der Waals surface area contributed by atoms with Gasteiger partial charge >= 0.3 is 0 Å². The van der Waals surface area contributed by atoms with E-state index < -0.39 is 10.0 Å². The Labute approximate surface area is 185 Å². The fourth-order valence-electron chi connectivity index (χ4n) is 2.53. The van der Waals surface area contributed by atoms with E-state index in [0.29, 0.717) is 38.7 Å². The molecule has 0 aliphatic carbocycles. The van der Waals surface area contributed by atoms with Crippen molar-refractivity contribution < 1.29 is 17.9 Å². The monoisotopic (exact) mass is 526 g/mol. The maximum atomic E-state index is 11.8. The molecule has 0 radical (unpaired) electrons. The van der Waals surface area contributed by atoms with Gasteiger partial charge in [-0.1, -0.05) is 0 Å². The Kier molecular flexibility index (Phi) is 10.9. The topological polar surface area (TPSA) is 92.3 Å². The average molecular weight is 526 g/mol. The Morgan fingerprint density at radius 2 is 1.93 bits per heavy atom. The summed E-state index contributed by atoms with van der Waals surface area (Å²) in [7, 11) is -1.54. The lowest BCUT2D eigenvalue weighted by atomic mass is 10.3. The molecule has 1 aromatic carbocycles. The fraction of sp³-hybridized carbons (Fsp3) is 0.611. The summed E-state index contributed by atoms with van der Waals surface area (Å²) in [5.74, 6) is 2.23. The summed E-state index contributed by atoms with van der Waals surface area (Å²) in [6.07, 6.45) is 1.51. The molecule has 8 nitrogen and oxygen atoms in total. The van der Waals surface area contributed by atoms with Gasteiger partial charge in [0, 0.05) is 44.9 Å². The van der Waals surface area contributed by atoms with E-state index in [4.69, 9.17) is 9.47 Å². The fourth-order valence-corrected chi connectivity index (χ4v) is 3.38. The van der Waals surface area contributed by atoms with Crippen molar-refractivity contribution in [3.8, 4) is 11.5 Å². The van der Waals surface area contributed by atoms with Gasteiger partial charge in [-0.15, -0.1) is 24.0 Å². The molecule has 2 rings (SSSR count). The predicted octanol–water partition coefficient (Wildman–Crippen LogP) is 2.51. The van der Waals surface area contributed by atoms with Crippen LogP contribution in [0.1, 0.15) is 26.7 Å². The molecule has 0 unspecified atom stereocenters. The van der Waals surface area contributed by atoms with Gasteiger partial charge < -0.3 is 20.1 Å². The van der Waals surface area contributed by atoms with Crippen molar-refractivity contribution >= 4 is 45.6 Å². The molecule has 0 bridgehead atoms. The van der Waals surface area contributed by atoms with E-state index in [1.165, 1.54) is 4.31 Å². The molecule has 0 atom stereocenters. The summed E-state index contributed by atoms with van der Waals surface area (Å²) in [5.41, 5.74) is 0.852. The van der Waals surface area contributed by atoms with Gasteiger partial charge in [0.25, 0.3) is 0 Å². The molecule has 1 aliphatic heterocycles. The van der Waals surface area contributed by atoms with Crippen LogP contribution >= 0.6 is 24.0 Å². The van der Waals surface area contributed by atoms with Gasteiger partial charge in [0.15, 0.2) is 17.5 Å². The molecule has 1 aliphatic rings. The van der Waals surface area contributed by atoms with Gasteiger partial charge in [-0.05, 0) is 32.4 Å². The summed E-state index contributed by atoms with van der Waals surface area (Å²) >= 11 is 0. The second-order valence-electron chi connectivity index (χ2n) is 6.17. The van der Waals surface area contributed by atoms with Crippen LogP contribution in [-0.4, -0.2) is 64.3 Å². The number of guanidine groups is 1. The summed E-state index contributed by atoms with van der Waals surface area (Å²) in [4.78, 5) is 4.52. The molecule has 0 fully saturated rings. The molecule has 0 spiro atoms. The minimum Gasteiger partial charge on any atom is -0.490 e. The van der Waals surface area contributed by atoms with Crippen molar-refractivity contribution in [3.05, 3.63) is 18.2 Å². The van der Waals surface area contributed by atoms with Gasteiger partial charge in [0.1, 0.15) is 0 Å². The lowest BCUT2D eigenvalue weighted by Crippen LogP contribution is -2.32. The summed E-state index contributed by atoms with van der Waals surface area (Å²) in [6, 6.07) is 5.70. The Balaban J connectivity index is 0.00000392. The van der Waals surface area contributed by atoms with Gasteiger partial charge in [0.2, 0.25) is 10.0 Å². The van der Waals surface area contributed by atoms with Crippen molar-refractivity contribution in [2.24, 2.45) is 4.99 Å². The van der Waals surface area contributed by atoms with E-state index in [1.807, 2.05) is 25.1 Å². The molecular weight excluding hydrogens is 495 g/mol. The Hall–Kier alpha value is -1.27. The van der Waals surface area contributed by atoms with Crippen LogP contribution in [0, 0.1) is 0 Å². The number of nitrogens with one attached hydrogen (secondary N) is 2. The highest BCUT2D eigenvalue weighted by Gasteiger charge is 2.14. The Morgan fingerprint density at radius 3 is 2.61 bits per heavy atom. The van der Waals surface area contributed by atoms with Gasteiger partial charge in [-0.2, -0.15) is 0 Å². The molecule has 2 N–H and O–H groups in total. The van der Waals surface area contributed by atoms with Gasteiger partial charge in [-0.25, -0.2) is 12.7 Å². The van der Waals surface area contributed by atoms with Crippen LogP contribution in [0.2, 0.25) is 0 Å². The second kappa shape index (κ2) is 12.3. The highest BCUT2D eigenvalue weighted by atomic mass is 127. The maximum Gasteiger partial charge on any atom is 0.213 e. The third-order valence-corrected chi connectivity index (χ3v) is 5.96. The number of hydrogen-bond donors (Lipinski definition) is 2. The van der Waals surface area contributed by atoms with Crippen LogP contribution in [0.25, 0.3) is 0 Å². The van der Waals surface area contributed by atoms with E-state index in [2.05, 4.69) is 15.6 Å². The number of aliphatic imine (C=N–C) groups is 1. The van der Waals surface area contributed by atoms with Crippen LogP contribution in [0.15, 0.2) is 23.2 Å². The smallest absolute Gasteiger partial charge is 0.213 e. The zero-order valence-electron chi connectivity index (χ0n) is 16.7. The van der Waals surface area contributed by atoms with Crippen LogP contribution in [-0.2, 0) is 10.0 Å². The van der Waals surface area contributed by atoms with Crippen molar-refractivity contribution in [2.75, 3.05) is 51.0 Å². The minimum absolute atomic E-state index is 0. The average Bonchev–Trinajstić information content (AvgIpc) is 2.90. The number of nitrogens with zero attached hydrogens (tertiary/aromatic N) is 2. The van der Waals surface area contributed by atoms with Crippen molar-refractivity contribution in [1.82, 2.24) is 9.62 Å². The van der Waals surface area contributed by atoms with Crippen molar-refractivity contribution in [3.63, 3.8) is 0 Å². The highest BCUT2D eigenvalue weighted by molar-refractivity contribution is 14.0. The second-order valence-corrected chi connectivity index (χ2v) is 8.54. The lowest BCUT2D eigenvalue weighted by molar-refractivity contribution is 0.297. The van der Waals surface area contributed by atoms with Crippen LogP contribution in [0.5, 0.6) is 11.5 Å². The quantitative estimate of drug-likeness (QED) is 0.234. The summed E-state index contributed by atoms with van der Waals surface area (Å²) in [6.45, 7) is 6.62. The molecule has 28 heavy (non-hydrogen) atoms. The third kappa shape index (κ3) is 7.63. The van der Waals surface area contributed by atoms with Gasteiger partial charge in [0.05, 0.1) is 19.0 Å². The Bertz CT molecular complexity index is 743. The number of hydrogen-bond acceptors (Lipinski definition) is 5. The molecule has 160 valence electrons.